The monoisotopic (exact) mass is 245 g/mol. The zero-order valence-corrected chi connectivity index (χ0v) is 10.1. The number of ether oxygens (including phenoxy) is 1. The van der Waals surface area contributed by atoms with Crippen molar-refractivity contribution in [2.75, 3.05) is 7.11 Å². The van der Waals surface area contributed by atoms with Crippen molar-refractivity contribution in [3.05, 3.63) is 29.3 Å². The van der Waals surface area contributed by atoms with Gasteiger partial charge in [0, 0.05) is 6.04 Å². The number of hydrogen-bond donors (Lipinski definition) is 2. The number of halogens is 1. The molecule has 1 unspecified atom stereocenters. The quantitative estimate of drug-likeness (QED) is 0.850. The molecule has 16 heavy (non-hydrogen) atoms. The van der Waals surface area contributed by atoms with E-state index in [0.29, 0.717) is 0 Å². The number of aryl methyl sites for hydroxylation is 1. The van der Waals surface area contributed by atoms with Crippen LogP contribution >= 0.6 is 12.4 Å². The molecule has 0 spiro atoms. The second-order valence-corrected chi connectivity index (χ2v) is 3.43. The van der Waals surface area contributed by atoms with Gasteiger partial charge in [-0.25, -0.2) is 0 Å². The summed E-state index contributed by atoms with van der Waals surface area (Å²) in [6.45, 7) is 1.90. The number of rotatable bonds is 4. The normalized spacial score (nSPS) is 11.4. The van der Waals surface area contributed by atoms with Gasteiger partial charge < -0.3 is 15.6 Å². The fourth-order valence-corrected chi connectivity index (χ4v) is 1.44. The standard InChI is InChI=1S/C11H15NO3.ClH/c1-7-5-8(3-4-10(7)15-2)9(12)6-11(13)14;/h3-5,9H,6,12H2,1-2H3,(H,13,14);1H. The number of methoxy groups -OCH3 is 1. The van der Waals surface area contributed by atoms with Crippen LogP contribution < -0.4 is 10.5 Å². The Balaban J connectivity index is 0.00000225. The first-order valence-corrected chi connectivity index (χ1v) is 4.66. The van der Waals surface area contributed by atoms with Crippen molar-refractivity contribution in [3.8, 4) is 5.75 Å². The topological polar surface area (TPSA) is 72.5 Å². The van der Waals surface area contributed by atoms with E-state index < -0.39 is 12.0 Å². The first-order chi connectivity index (χ1) is 7.04. The number of carbonyl (C=O) groups is 1. The SMILES string of the molecule is COc1ccc(C(N)CC(=O)O)cc1C.Cl. The molecule has 90 valence electrons. The van der Waals surface area contributed by atoms with Crippen molar-refractivity contribution in [2.45, 2.75) is 19.4 Å². The maximum absolute atomic E-state index is 10.5. The Morgan fingerprint density at radius 1 is 1.56 bits per heavy atom. The molecule has 1 atom stereocenters. The van der Waals surface area contributed by atoms with E-state index in [0.717, 1.165) is 16.9 Å². The van der Waals surface area contributed by atoms with Crippen LogP contribution in [0.5, 0.6) is 5.75 Å². The van der Waals surface area contributed by atoms with Crippen LogP contribution in [0, 0.1) is 6.92 Å². The minimum absolute atomic E-state index is 0. The smallest absolute Gasteiger partial charge is 0.305 e. The Hall–Kier alpha value is -1.26. The summed E-state index contributed by atoms with van der Waals surface area (Å²) in [5.74, 6) is -0.114. The van der Waals surface area contributed by atoms with Gasteiger partial charge in [0.2, 0.25) is 0 Å². The molecule has 0 heterocycles. The Kier molecular flexibility index (Phi) is 5.85. The second kappa shape index (κ2) is 6.35. The zero-order valence-electron chi connectivity index (χ0n) is 9.27. The van der Waals surface area contributed by atoms with Gasteiger partial charge >= 0.3 is 5.97 Å². The highest BCUT2D eigenvalue weighted by atomic mass is 35.5. The van der Waals surface area contributed by atoms with Crippen LogP contribution in [0.25, 0.3) is 0 Å². The molecule has 0 bridgehead atoms. The molecule has 1 aromatic rings. The lowest BCUT2D eigenvalue weighted by Crippen LogP contribution is -2.15. The highest BCUT2D eigenvalue weighted by Crippen LogP contribution is 2.22. The molecular formula is C11H16ClNO3. The molecule has 1 rings (SSSR count). The maximum Gasteiger partial charge on any atom is 0.305 e. The summed E-state index contributed by atoms with van der Waals surface area (Å²) in [5, 5.41) is 8.61. The first kappa shape index (κ1) is 14.7. The third-order valence-corrected chi connectivity index (χ3v) is 2.24. The first-order valence-electron chi connectivity index (χ1n) is 4.66. The van der Waals surface area contributed by atoms with Crippen LogP contribution in [0.2, 0.25) is 0 Å². The molecule has 0 aliphatic rings. The van der Waals surface area contributed by atoms with Crippen LogP contribution in [-0.4, -0.2) is 18.2 Å². The minimum Gasteiger partial charge on any atom is -0.496 e. The molecular weight excluding hydrogens is 230 g/mol. The summed E-state index contributed by atoms with van der Waals surface area (Å²) < 4.78 is 5.10. The molecule has 0 aliphatic heterocycles. The molecule has 0 aliphatic carbocycles. The Morgan fingerprint density at radius 3 is 2.62 bits per heavy atom. The lowest BCUT2D eigenvalue weighted by atomic mass is 10.0. The fraction of sp³-hybridized carbons (Fsp3) is 0.364. The largest absolute Gasteiger partial charge is 0.496 e. The summed E-state index contributed by atoms with van der Waals surface area (Å²) in [5.41, 5.74) is 7.50. The van der Waals surface area contributed by atoms with E-state index in [1.54, 1.807) is 19.2 Å². The van der Waals surface area contributed by atoms with E-state index in [1.807, 2.05) is 13.0 Å². The van der Waals surface area contributed by atoms with E-state index in [-0.39, 0.29) is 18.8 Å². The van der Waals surface area contributed by atoms with Gasteiger partial charge in [0.15, 0.2) is 0 Å². The van der Waals surface area contributed by atoms with Gasteiger partial charge in [-0.15, -0.1) is 12.4 Å². The van der Waals surface area contributed by atoms with Gasteiger partial charge in [0.25, 0.3) is 0 Å². The highest BCUT2D eigenvalue weighted by Gasteiger charge is 2.11. The molecule has 0 fully saturated rings. The van der Waals surface area contributed by atoms with Crippen molar-refractivity contribution in [1.82, 2.24) is 0 Å². The summed E-state index contributed by atoms with van der Waals surface area (Å²) in [6.07, 6.45) is -0.0637. The van der Waals surface area contributed by atoms with Crippen molar-refractivity contribution in [3.63, 3.8) is 0 Å². The van der Waals surface area contributed by atoms with E-state index in [2.05, 4.69) is 0 Å². The molecule has 3 N–H and O–H groups in total. The van der Waals surface area contributed by atoms with Gasteiger partial charge in [-0.2, -0.15) is 0 Å². The third-order valence-electron chi connectivity index (χ3n) is 2.24. The van der Waals surface area contributed by atoms with Crippen molar-refractivity contribution in [2.24, 2.45) is 5.73 Å². The van der Waals surface area contributed by atoms with Crippen molar-refractivity contribution < 1.29 is 14.6 Å². The summed E-state index contributed by atoms with van der Waals surface area (Å²) in [6, 6.07) is 4.98. The number of nitrogens with two attached hydrogens (primary N) is 1. The maximum atomic E-state index is 10.5. The van der Waals surface area contributed by atoms with Crippen LogP contribution in [0.1, 0.15) is 23.6 Å². The number of hydrogen-bond acceptors (Lipinski definition) is 3. The summed E-state index contributed by atoms with van der Waals surface area (Å²) >= 11 is 0. The predicted octanol–water partition coefficient (Wildman–Crippen LogP) is 1.90. The average molecular weight is 246 g/mol. The van der Waals surface area contributed by atoms with Crippen LogP contribution in [0.4, 0.5) is 0 Å². The van der Waals surface area contributed by atoms with E-state index in [1.165, 1.54) is 0 Å². The molecule has 0 saturated carbocycles. The lowest BCUT2D eigenvalue weighted by molar-refractivity contribution is -0.137. The van der Waals surface area contributed by atoms with Crippen molar-refractivity contribution in [1.29, 1.82) is 0 Å². The molecule has 4 nitrogen and oxygen atoms in total. The zero-order chi connectivity index (χ0) is 11.4. The molecule has 5 heteroatoms. The van der Waals surface area contributed by atoms with Crippen LogP contribution in [0.15, 0.2) is 18.2 Å². The Bertz CT molecular complexity index is 368. The molecule has 0 aromatic heterocycles. The van der Waals surface area contributed by atoms with E-state index >= 15 is 0 Å². The van der Waals surface area contributed by atoms with E-state index in [9.17, 15) is 4.79 Å². The average Bonchev–Trinajstić information content (AvgIpc) is 2.16. The van der Waals surface area contributed by atoms with Gasteiger partial charge in [0.05, 0.1) is 13.5 Å². The number of aliphatic carboxylic acids is 1. The van der Waals surface area contributed by atoms with E-state index in [4.69, 9.17) is 15.6 Å². The van der Waals surface area contributed by atoms with Gasteiger partial charge in [-0.1, -0.05) is 12.1 Å². The highest BCUT2D eigenvalue weighted by molar-refractivity contribution is 5.85. The Labute approximate surface area is 101 Å². The van der Waals surface area contributed by atoms with Gasteiger partial charge in [-0.05, 0) is 24.1 Å². The lowest BCUT2D eigenvalue weighted by Gasteiger charge is -2.12. The second-order valence-electron chi connectivity index (χ2n) is 3.43. The molecule has 0 saturated heterocycles. The molecule has 0 radical (unpaired) electrons. The van der Waals surface area contributed by atoms with Gasteiger partial charge in [-0.3, -0.25) is 4.79 Å². The Morgan fingerprint density at radius 2 is 2.19 bits per heavy atom. The minimum atomic E-state index is -0.893. The third kappa shape index (κ3) is 3.72. The fourth-order valence-electron chi connectivity index (χ4n) is 1.44. The molecule has 0 amide bonds. The number of carboxylic acids is 1. The van der Waals surface area contributed by atoms with Crippen molar-refractivity contribution >= 4 is 18.4 Å². The van der Waals surface area contributed by atoms with Crippen LogP contribution in [-0.2, 0) is 4.79 Å². The molecule has 1 aromatic carbocycles. The number of carboxylic acid groups (broad SMARTS) is 1. The predicted molar refractivity (Wildman–Crippen MR) is 64.2 cm³/mol. The number of benzene rings is 1. The van der Waals surface area contributed by atoms with Gasteiger partial charge in [0.1, 0.15) is 5.75 Å². The summed E-state index contributed by atoms with van der Waals surface area (Å²) in [4.78, 5) is 10.5. The summed E-state index contributed by atoms with van der Waals surface area (Å²) in [7, 11) is 1.60. The van der Waals surface area contributed by atoms with Crippen LogP contribution in [0.3, 0.4) is 0 Å².